The summed E-state index contributed by atoms with van der Waals surface area (Å²) in [6, 6.07) is 75.1. The maximum atomic E-state index is 6.67. The Labute approximate surface area is 341 Å². The van der Waals surface area contributed by atoms with Crippen LogP contribution in [0.5, 0.6) is 0 Å². The van der Waals surface area contributed by atoms with E-state index in [0.717, 1.165) is 57.2 Å². The lowest BCUT2D eigenvalue weighted by molar-refractivity contribution is 0.666. The largest absolute Gasteiger partial charge is 0.454 e. The zero-order chi connectivity index (χ0) is 38.9. The predicted molar refractivity (Wildman–Crippen MR) is 246 cm³/mol. The molecule has 0 unspecified atom stereocenters. The Kier molecular flexibility index (Phi) is 7.67. The van der Waals surface area contributed by atoms with E-state index in [2.05, 4.69) is 209 Å². The highest BCUT2D eigenvalue weighted by Gasteiger charge is 2.20. The Hall–Kier alpha value is -7.62. The summed E-state index contributed by atoms with van der Waals surface area (Å²) in [6.07, 6.45) is 1.77. The van der Waals surface area contributed by atoms with Gasteiger partial charge in [0.15, 0.2) is 5.58 Å². The first-order valence-corrected chi connectivity index (χ1v) is 20.4. The minimum atomic E-state index is 0.879. The monoisotopic (exact) mass is 754 g/mol. The molecule has 0 spiro atoms. The molecular weight excluding hydrogens is 717 g/mol. The molecule has 0 N–H and O–H groups in total. The molecule has 0 saturated carbocycles. The predicted octanol–water partition coefficient (Wildman–Crippen LogP) is 14.6. The third-order valence-electron chi connectivity index (χ3n) is 12.1. The highest BCUT2D eigenvalue weighted by atomic mass is 16.3. The van der Waals surface area contributed by atoms with Crippen LogP contribution in [0.25, 0.3) is 88.1 Å². The van der Waals surface area contributed by atoms with Crippen LogP contribution in [0.15, 0.2) is 211 Å². The van der Waals surface area contributed by atoms with Crippen LogP contribution in [0, 0.1) is 0 Å². The number of furan rings is 1. The van der Waals surface area contributed by atoms with E-state index in [9.17, 15) is 0 Å². The van der Waals surface area contributed by atoms with Crippen LogP contribution in [-0.4, -0.2) is 9.13 Å². The number of aromatic nitrogens is 2. The maximum Gasteiger partial charge on any atom is 0.159 e. The van der Waals surface area contributed by atoms with Gasteiger partial charge < -0.3 is 13.6 Å². The van der Waals surface area contributed by atoms with E-state index >= 15 is 0 Å². The van der Waals surface area contributed by atoms with Crippen LogP contribution in [-0.2, 0) is 12.8 Å². The summed E-state index contributed by atoms with van der Waals surface area (Å²) in [4.78, 5) is 0. The van der Waals surface area contributed by atoms with Crippen LogP contribution < -0.4 is 0 Å². The first-order valence-electron chi connectivity index (χ1n) is 20.4. The van der Waals surface area contributed by atoms with Gasteiger partial charge in [0.25, 0.3) is 0 Å². The summed E-state index contributed by atoms with van der Waals surface area (Å²) in [7, 11) is 0. The Morgan fingerprint density at radius 2 is 0.864 bits per heavy atom. The number of hydrogen-bond donors (Lipinski definition) is 0. The number of benzene rings is 9. The zero-order valence-corrected chi connectivity index (χ0v) is 32.3. The zero-order valence-electron chi connectivity index (χ0n) is 32.3. The van der Waals surface area contributed by atoms with Crippen LogP contribution in [0.3, 0.4) is 0 Å². The number of fused-ring (bicyclic) bond motifs is 9. The van der Waals surface area contributed by atoms with Crippen LogP contribution in [0.2, 0.25) is 0 Å². The molecule has 3 nitrogen and oxygen atoms in total. The Balaban J connectivity index is 1.07. The SMILES string of the molecule is c1ccc(Cc2ccc3c(c2)c2cc(-c4ccc5c6cc(Cc7ccccc7)ccc6n(-c6cccc7c6oc6ccccc67)c5c4)ccc2n3-c2ccccc2)cc1. The average Bonchev–Trinajstić information content (AvgIpc) is 3.94. The second-order valence-electron chi connectivity index (χ2n) is 15.8. The average molecular weight is 755 g/mol. The van der Waals surface area contributed by atoms with Gasteiger partial charge in [-0.05, 0) is 113 Å². The Bertz CT molecular complexity index is 3540. The third kappa shape index (κ3) is 5.58. The van der Waals surface area contributed by atoms with Crippen molar-refractivity contribution in [3.63, 3.8) is 0 Å². The molecule has 0 aliphatic carbocycles. The smallest absolute Gasteiger partial charge is 0.159 e. The highest BCUT2D eigenvalue weighted by molar-refractivity contribution is 6.14. The van der Waals surface area contributed by atoms with Crippen LogP contribution in [0.4, 0.5) is 0 Å². The number of nitrogens with zero attached hydrogens (tertiary/aromatic N) is 2. The van der Waals surface area contributed by atoms with E-state index in [1.165, 1.54) is 66.0 Å². The first kappa shape index (κ1) is 33.5. The molecule has 0 aliphatic rings. The molecule has 12 rings (SSSR count). The molecule has 3 heteroatoms. The van der Waals surface area contributed by atoms with Crippen molar-refractivity contribution in [2.24, 2.45) is 0 Å². The summed E-state index contributed by atoms with van der Waals surface area (Å²) < 4.78 is 11.5. The van der Waals surface area contributed by atoms with Crippen molar-refractivity contribution in [2.45, 2.75) is 12.8 Å². The molecule has 0 radical (unpaired) electrons. The molecule has 0 amide bonds. The second kappa shape index (κ2) is 13.5. The van der Waals surface area contributed by atoms with E-state index in [4.69, 9.17) is 4.42 Å². The Morgan fingerprint density at radius 3 is 1.58 bits per heavy atom. The summed E-state index contributed by atoms with van der Waals surface area (Å²) in [5, 5.41) is 7.22. The fraction of sp³-hybridized carbons (Fsp3) is 0.0357. The standard InChI is InChI=1S/C56H38N2O/c1-4-13-37(14-5-1)31-39-24-29-52-47(33-39)44-27-25-42(36-54(44)58(52)53-21-12-20-46-45-19-10-11-22-55(45)59-56(46)53)41-26-30-51-49(35-41)48-34-40(32-38-15-6-2-7-16-38)23-28-50(48)57(51)43-17-8-3-9-18-43/h1-30,33-36H,31-32H2. The van der Waals surface area contributed by atoms with E-state index in [1.807, 2.05) is 6.07 Å². The molecule has 59 heavy (non-hydrogen) atoms. The van der Waals surface area contributed by atoms with Crippen molar-refractivity contribution < 1.29 is 4.42 Å². The number of hydrogen-bond acceptors (Lipinski definition) is 1. The van der Waals surface area contributed by atoms with Gasteiger partial charge in [0.05, 0.1) is 27.8 Å². The molecule has 0 fully saturated rings. The minimum absolute atomic E-state index is 0.879. The fourth-order valence-corrected chi connectivity index (χ4v) is 9.40. The lowest BCUT2D eigenvalue weighted by atomic mass is 9.99. The topological polar surface area (TPSA) is 23.0 Å². The van der Waals surface area contributed by atoms with Gasteiger partial charge in [-0.2, -0.15) is 0 Å². The van der Waals surface area contributed by atoms with Crippen molar-refractivity contribution in [1.82, 2.24) is 9.13 Å². The quantitative estimate of drug-likeness (QED) is 0.159. The fourth-order valence-electron chi connectivity index (χ4n) is 9.40. The van der Waals surface area contributed by atoms with Crippen molar-refractivity contribution >= 4 is 65.6 Å². The lowest BCUT2D eigenvalue weighted by Crippen LogP contribution is -1.95. The molecule has 0 aliphatic heterocycles. The van der Waals surface area contributed by atoms with Gasteiger partial charge in [0.1, 0.15) is 5.58 Å². The second-order valence-corrected chi connectivity index (χ2v) is 15.8. The number of rotatable bonds is 7. The van der Waals surface area contributed by atoms with Crippen molar-refractivity contribution in [3.8, 4) is 22.5 Å². The summed E-state index contributed by atoms with van der Waals surface area (Å²) in [5.41, 5.74) is 16.3. The van der Waals surface area contributed by atoms with Crippen molar-refractivity contribution in [1.29, 1.82) is 0 Å². The Morgan fingerprint density at radius 1 is 0.322 bits per heavy atom. The first-order chi connectivity index (χ1) is 29.2. The van der Waals surface area contributed by atoms with Gasteiger partial charge in [-0.3, -0.25) is 0 Å². The maximum absolute atomic E-state index is 6.67. The van der Waals surface area contributed by atoms with Crippen LogP contribution >= 0.6 is 0 Å². The van der Waals surface area contributed by atoms with Gasteiger partial charge in [-0.1, -0.05) is 140 Å². The van der Waals surface area contributed by atoms with Crippen LogP contribution in [0.1, 0.15) is 22.3 Å². The van der Waals surface area contributed by atoms with E-state index < -0.39 is 0 Å². The molecular formula is C56H38N2O. The van der Waals surface area contributed by atoms with Gasteiger partial charge in [-0.15, -0.1) is 0 Å². The van der Waals surface area contributed by atoms with Gasteiger partial charge in [-0.25, -0.2) is 0 Å². The molecule has 3 heterocycles. The van der Waals surface area contributed by atoms with Crippen molar-refractivity contribution in [2.75, 3.05) is 0 Å². The molecule has 12 aromatic rings. The van der Waals surface area contributed by atoms with E-state index in [0.29, 0.717) is 0 Å². The van der Waals surface area contributed by atoms with Gasteiger partial charge >= 0.3 is 0 Å². The molecule has 3 aromatic heterocycles. The summed E-state index contributed by atoms with van der Waals surface area (Å²) >= 11 is 0. The third-order valence-corrected chi connectivity index (χ3v) is 12.1. The minimum Gasteiger partial charge on any atom is -0.454 e. The lowest BCUT2D eigenvalue weighted by Gasteiger charge is -2.11. The van der Waals surface area contributed by atoms with Crippen molar-refractivity contribution in [3.05, 3.63) is 229 Å². The summed E-state index contributed by atoms with van der Waals surface area (Å²) in [5.74, 6) is 0. The number of para-hydroxylation sites is 3. The molecule has 278 valence electrons. The molecule has 0 atom stereocenters. The molecule has 0 bridgehead atoms. The normalized spacial score (nSPS) is 11.9. The van der Waals surface area contributed by atoms with E-state index in [1.54, 1.807) is 0 Å². The van der Waals surface area contributed by atoms with Gasteiger partial charge in [0.2, 0.25) is 0 Å². The highest BCUT2D eigenvalue weighted by Crippen LogP contribution is 2.41. The summed E-state index contributed by atoms with van der Waals surface area (Å²) in [6.45, 7) is 0. The van der Waals surface area contributed by atoms with Gasteiger partial charge in [0, 0.05) is 38.0 Å². The molecule has 0 saturated heterocycles. The van der Waals surface area contributed by atoms with E-state index in [-0.39, 0.29) is 0 Å². The molecule has 9 aromatic carbocycles.